The van der Waals surface area contributed by atoms with E-state index in [2.05, 4.69) is 26.3 Å². The van der Waals surface area contributed by atoms with Crippen LogP contribution in [-0.2, 0) is 23.9 Å². The summed E-state index contributed by atoms with van der Waals surface area (Å²) >= 11 is 0. The lowest BCUT2D eigenvalue weighted by Crippen LogP contribution is -2.54. The molecule has 48 heavy (non-hydrogen) atoms. The van der Waals surface area contributed by atoms with E-state index >= 15 is 0 Å². The van der Waals surface area contributed by atoms with Gasteiger partial charge in [-0.25, -0.2) is 4.39 Å². The molecule has 3 aliphatic rings. The van der Waals surface area contributed by atoms with E-state index in [9.17, 15) is 33.2 Å². The molecule has 0 spiro atoms. The molecule has 1 saturated heterocycles. The van der Waals surface area contributed by atoms with Gasteiger partial charge in [-0.3, -0.25) is 39.0 Å². The Labute approximate surface area is 273 Å². The van der Waals surface area contributed by atoms with Gasteiger partial charge >= 0.3 is 0 Å². The lowest BCUT2D eigenvalue weighted by molar-refractivity contribution is -0.136. The van der Waals surface area contributed by atoms with E-state index in [0.29, 0.717) is 60.1 Å². The minimum atomic E-state index is -1.02. The zero-order valence-electron chi connectivity index (χ0n) is 25.5. The number of amides is 6. The Morgan fingerprint density at radius 3 is 2.46 bits per heavy atom. The molecule has 6 rings (SSSR count). The summed E-state index contributed by atoms with van der Waals surface area (Å²) in [6, 6.07) is 9.37. The van der Waals surface area contributed by atoms with Gasteiger partial charge in [0.05, 0.1) is 48.7 Å². The van der Waals surface area contributed by atoms with Crippen molar-refractivity contribution >= 4 is 58.5 Å². The Morgan fingerprint density at radius 2 is 1.67 bits per heavy atom. The van der Waals surface area contributed by atoms with Crippen LogP contribution in [0.1, 0.15) is 55.2 Å². The van der Waals surface area contributed by atoms with E-state index in [1.54, 1.807) is 24.3 Å². The maximum absolute atomic E-state index is 13.7. The molecular weight excluding hydrogens is 627 g/mol. The molecule has 3 aromatic rings. The standard InChI is InChI=1S/C33H31FN6O8/c34-19-1-4-26-23(14-19)24(30(43)38-26)16-21-13-18(17-37-21)29(42)36-8-10-48-12-11-47-9-7-35-20-2-3-22-25(15-20)33(46)40(32(22)45)27-5-6-28(41)39-31(27)44/h1-4,13-17,27,35,37H,5-12H2,(H,36,42)(H,38,43)(H,39,41,44)/b24-16-. The minimum Gasteiger partial charge on any atom is -0.383 e. The predicted octanol–water partition coefficient (Wildman–Crippen LogP) is 1.92. The number of H-pyrrole nitrogens is 1. The lowest BCUT2D eigenvalue weighted by atomic mass is 10.0. The number of rotatable bonds is 13. The number of hydrogen-bond acceptors (Lipinski definition) is 9. The van der Waals surface area contributed by atoms with E-state index in [1.807, 2.05) is 0 Å². The largest absolute Gasteiger partial charge is 0.383 e. The highest BCUT2D eigenvalue weighted by Gasteiger charge is 2.44. The first kappa shape index (κ1) is 32.3. The van der Waals surface area contributed by atoms with Crippen LogP contribution in [0, 0.1) is 5.82 Å². The van der Waals surface area contributed by atoms with Gasteiger partial charge in [0, 0.05) is 48.3 Å². The van der Waals surface area contributed by atoms with Crippen molar-refractivity contribution in [2.24, 2.45) is 0 Å². The topological polar surface area (TPSA) is 188 Å². The van der Waals surface area contributed by atoms with Gasteiger partial charge in [0.2, 0.25) is 11.8 Å². The summed E-state index contributed by atoms with van der Waals surface area (Å²) in [7, 11) is 0. The molecule has 0 radical (unpaired) electrons. The van der Waals surface area contributed by atoms with Crippen LogP contribution in [0.2, 0.25) is 0 Å². The summed E-state index contributed by atoms with van der Waals surface area (Å²) in [5.41, 5.74) is 3.14. The second-order valence-electron chi connectivity index (χ2n) is 11.2. The number of fused-ring (bicyclic) bond motifs is 2. The Bertz CT molecular complexity index is 1850. The van der Waals surface area contributed by atoms with Crippen LogP contribution in [-0.4, -0.2) is 90.9 Å². The minimum absolute atomic E-state index is 0.0543. The van der Waals surface area contributed by atoms with E-state index in [4.69, 9.17) is 9.47 Å². The third-order valence-corrected chi connectivity index (χ3v) is 7.95. The third kappa shape index (κ3) is 6.86. The van der Waals surface area contributed by atoms with Gasteiger partial charge in [-0.1, -0.05) is 0 Å². The number of ether oxygens (including phenoxy) is 2. The fourth-order valence-electron chi connectivity index (χ4n) is 5.59. The van der Waals surface area contributed by atoms with Crippen molar-refractivity contribution in [2.75, 3.05) is 50.2 Å². The molecule has 14 nitrogen and oxygen atoms in total. The van der Waals surface area contributed by atoms with Crippen molar-refractivity contribution in [3.05, 3.63) is 82.4 Å². The SMILES string of the molecule is O=C1CCC(N2C(=O)c3ccc(NCCOCCOCCNC(=O)c4c[nH]c(/C=C5\C(=O)Nc6ccc(F)cc65)c4)cc3C2=O)C(=O)N1. The van der Waals surface area contributed by atoms with E-state index in [1.165, 1.54) is 30.5 Å². The second-order valence-corrected chi connectivity index (χ2v) is 11.2. The first-order valence-electron chi connectivity index (χ1n) is 15.2. The molecule has 1 unspecified atom stereocenters. The fraction of sp³-hybridized carbons (Fsp3) is 0.273. The zero-order valence-corrected chi connectivity index (χ0v) is 25.5. The Hall–Kier alpha value is -5.67. The highest BCUT2D eigenvalue weighted by molar-refractivity contribution is 6.34. The molecule has 4 heterocycles. The molecule has 3 aliphatic heterocycles. The maximum atomic E-state index is 13.7. The van der Waals surface area contributed by atoms with Crippen molar-refractivity contribution in [1.82, 2.24) is 20.5 Å². The number of aromatic amines is 1. The molecule has 6 amide bonds. The Morgan fingerprint density at radius 1 is 0.896 bits per heavy atom. The molecular formula is C33H31FN6O8. The van der Waals surface area contributed by atoms with Crippen molar-refractivity contribution in [2.45, 2.75) is 18.9 Å². The van der Waals surface area contributed by atoms with E-state index in [-0.39, 0.29) is 48.9 Å². The molecule has 1 aromatic heterocycles. The van der Waals surface area contributed by atoms with Gasteiger partial charge in [-0.2, -0.15) is 0 Å². The molecule has 0 aliphatic carbocycles. The van der Waals surface area contributed by atoms with Crippen molar-refractivity contribution in [3.8, 4) is 0 Å². The third-order valence-electron chi connectivity index (χ3n) is 7.95. The van der Waals surface area contributed by atoms with Gasteiger partial charge in [0.1, 0.15) is 11.9 Å². The number of aromatic nitrogens is 1. The van der Waals surface area contributed by atoms with Crippen LogP contribution < -0.4 is 21.3 Å². The van der Waals surface area contributed by atoms with E-state index in [0.717, 1.165) is 4.90 Å². The van der Waals surface area contributed by atoms with Crippen molar-refractivity contribution < 1.29 is 42.6 Å². The number of carbonyl (C=O) groups is 6. The smallest absolute Gasteiger partial charge is 0.262 e. The van der Waals surface area contributed by atoms with Gasteiger partial charge in [-0.15, -0.1) is 0 Å². The van der Waals surface area contributed by atoms with Crippen molar-refractivity contribution in [3.63, 3.8) is 0 Å². The summed E-state index contributed by atoms with van der Waals surface area (Å²) in [6.45, 7) is 1.88. The number of nitrogens with one attached hydrogen (secondary N) is 5. The van der Waals surface area contributed by atoms with Gasteiger partial charge < -0.3 is 30.4 Å². The number of nitrogens with zero attached hydrogens (tertiary/aromatic N) is 1. The van der Waals surface area contributed by atoms with Crippen molar-refractivity contribution in [1.29, 1.82) is 0 Å². The predicted molar refractivity (Wildman–Crippen MR) is 169 cm³/mol. The van der Waals surface area contributed by atoms with Gasteiger partial charge in [-0.05, 0) is 55.0 Å². The number of hydrogen-bond donors (Lipinski definition) is 5. The second kappa shape index (κ2) is 14.0. The normalized spacial score (nSPS) is 17.8. The monoisotopic (exact) mass is 658 g/mol. The highest BCUT2D eigenvalue weighted by Crippen LogP contribution is 2.33. The quantitative estimate of drug-likeness (QED) is 0.104. The summed E-state index contributed by atoms with van der Waals surface area (Å²) in [5, 5.41) is 10.7. The van der Waals surface area contributed by atoms with Crippen LogP contribution in [0.25, 0.3) is 11.6 Å². The Kier molecular flexibility index (Phi) is 9.40. The molecule has 248 valence electrons. The first-order valence-corrected chi connectivity index (χ1v) is 15.2. The van der Waals surface area contributed by atoms with Crippen LogP contribution >= 0.6 is 0 Å². The molecule has 2 aromatic carbocycles. The Balaban J connectivity index is 0.860. The zero-order chi connectivity index (χ0) is 33.8. The summed E-state index contributed by atoms with van der Waals surface area (Å²) in [6.07, 6.45) is 3.22. The average Bonchev–Trinajstić information content (AvgIpc) is 3.73. The maximum Gasteiger partial charge on any atom is 0.262 e. The molecule has 1 fully saturated rings. The number of anilines is 2. The van der Waals surface area contributed by atoms with Crippen LogP contribution in [0.5, 0.6) is 0 Å². The number of piperidine rings is 1. The molecule has 0 saturated carbocycles. The lowest BCUT2D eigenvalue weighted by Gasteiger charge is -2.27. The number of benzene rings is 2. The van der Waals surface area contributed by atoms with Gasteiger partial charge in [0.15, 0.2) is 0 Å². The van der Waals surface area contributed by atoms with E-state index < -0.39 is 35.5 Å². The molecule has 5 N–H and O–H groups in total. The summed E-state index contributed by atoms with van der Waals surface area (Å²) in [5.74, 6) is -3.36. The fourth-order valence-corrected chi connectivity index (χ4v) is 5.59. The summed E-state index contributed by atoms with van der Waals surface area (Å²) < 4.78 is 24.7. The van der Waals surface area contributed by atoms with Crippen LogP contribution in [0.15, 0.2) is 48.7 Å². The molecule has 0 bridgehead atoms. The first-order chi connectivity index (χ1) is 23.2. The number of carbonyl (C=O) groups excluding carboxylic acids is 6. The highest BCUT2D eigenvalue weighted by atomic mass is 19.1. The molecule has 15 heteroatoms. The average molecular weight is 659 g/mol. The molecule has 1 atom stereocenters. The summed E-state index contributed by atoms with van der Waals surface area (Å²) in [4.78, 5) is 78.1. The number of halogens is 1. The van der Waals surface area contributed by atoms with Crippen LogP contribution in [0.3, 0.4) is 0 Å². The van der Waals surface area contributed by atoms with Crippen LogP contribution in [0.4, 0.5) is 15.8 Å². The number of imide groups is 2. The van der Waals surface area contributed by atoms with Gasteiger partial charge in [0.25, 0.3) is 23.6 Å².